The Morgan fingerprint density at radius 3 is 3.00 bits per heavy atom. The van der Waals surface area contributed by atoms with E-state index < -0.39 is 0 Å². The number of nitrogens with zero attached hydrogens (tertiary/aromatic N) is 1. The molecule has 1 amide bonds. The van der Waals surface area contributed by atoms with Gasteiger partial charge in [0.2, 0.25) is 5.91 Å². The van der Waals surface area contributed by atoms with E-state index >= 15 is 0 Å². The summed E-state index contributed by atoms with van der Waals surface area (Å²) in [5.74, 6) is -0.0115. The first kappa shape index (κ1) is 10.6. The van der Waals surface area contributed by atoms with Crippen LogP contribution in [0.15, 0.2) is 35.8 Å². The number of hydrogen-bond acceptors (Lipinski definition) is 4. The molecule has 2 aromatic heterocycles. The van der Waals surface area contributed by atoms with Gasteiger partial charge in [0.15, 0.2) is 11.6 Å². The number of nitrogens with one attached hydrogen (secondary N) is 1. The van der Waals surface area contributed by atoms with Crippen LogP contribution in [0.4, 0.5) is 5.82 Å². The molecule has 0 aliphatic rings. The van der Waals surface area contributed by atoms with Gasteiger partial charge in [0.1, 0.15) is 0 Å². The molecule has 2 heterocycles. The third-order valence-corrected chi connectivity index (χ3v) is 2.84. The minimum absolute atomic E-state index is 0.0259. The van der Waals surface area contributed by atoms with E-state index in [9.17, 15) is 9.90 Å². The van der Waals surface area contributed by atoms with Crippen LogP contribution in [-0.4, -0.2) is 16.0 Å². The number of carbonyl (C=O) groups is 1. The summed E-state index contributed by atoms with van der Waals surface area (Å²) in [5, 5.41) is 13.9. The Morgan fingerprint density at radius 1 is 1.44 bits per heavy atom. The van der Waals surface area contributed by atoms with E-state index in [2.05, 4.69) is 10.3 Å². The molecule has 0 aliphatic heterocycles. The molecule has 0 radical (unpaired) electrons. The quantitative estimate of drug-likeness (QED) is 0.854. The Balaban J connectivity index is 2.00. The molecule has 2 rings (SSSR count). The van der Waals surface area contributed by atoms with Gasteiger partial charge in [0.05, 0.1) is 6.42 Å². The van der Waals surface area contributed by atoms with Crippen molar-refractivity contribution in [1.29, 1.82) is 0 Å². The second-order valence-corrected chi connectivity index (χ2v) is 4.21. The first-order valence-electron chi connectivity index (χ1n) is 4.72. The van der Waals surface area contributed by atoms with Crippen LogP contribution >= 0.6 is 11.3 Å². The summed E-state index contributed by atoms with van der Waals surface area (Å²) in [4.78, 5) is 16.4. The number of amides is 1. The molecule has 0 aromatic carbocycles. The van der Waals surface area contributed by atoms with E-state index in [1.54, 1.807) is 6.07 Å². The first-order chi connectivity index (χ1) is 7.75. The zero-order valence-electron chi connectivity index (χ0n) is 8.38. The van der Waals surface area contributed by atoms with Crippen molar-refractivity contribution in [2.45, 2.75) is 6.42 Å². The molecule has 0 unspecified atom stereocenters. The second-order valence-electron chi connectivity index (χ2n) is 3.18. The van der Waals surface area contributed by atoms with E-state index in [0.29, 0.717) is 6.42 Å². The number of thiophene rings is 1. The van der Waals surface area contributed by atoms with Crippen molar-refractivity contribution in [3.05, 3.63) is 40.7 Å². The predicted octanol–water partition coefficient (Wildman–Crippen LogP) is 2.03. The van der Waals surface area contributed by atoms with Crippen LogP contribution in [0.1, 0.15) is 4.88 Å². The van der Waals surface area contributed by atoms with Crippen molar-refractivity contribution in [3.63, 3.8) is 0 Å². The van der Waals surface area contributed by atoms with Gasteiger partial charge in [-0.1, -0.05) is 6.07 Å². The maximum absolute atomic E-state index is 11.6. The van der Waals surface area contributed by atoms with Gasteiger partial charge in [-0.2, -0.15) is 0 Å². The summed E-state index contributed by atoms with van der Waals surface area (Å²) < 4.78 is 0. The summed E-state index contributed by atoms with van der Waals surface area (Å²) >= 11 is 1.52. The van der Waals surface area contributed by atoms with Gasteiger partial charge in [-0.05, 0) is 23.6 Å². The van der Waals surface area contributed by atoms with Crippen LogP contribution in [0.3, 0.4) is 0 Å². The maximum Gasteiger partial charge on any atom is 0.230 e. The second kappa shape index (κ2) is 4.76. The minimum Gasteiger partial charge on any atom is -0.504 e. The van der Waals surface area contributed by atoms with E-state index in [1.165, 1.54) is 23.6 Å². The molecule has 5 heteroatoms. The number of carbonyl (C=O) groups excluding carboxylic acids is 1. The molecule has 2 aromatic rings. The lowest BCUT2D eigenvalue weighted by molar-refractivity contribution is -0.115. The molecule has 0 spiro atoms. The minimum atomic E-state index is -0.184. The predicted molar refractivity (Wildman–Crippen MR) is 62.6 cm³/mol. The van der Waals surface area contributed by atoms with Crippen LogP contribution in [-0.2, 0) is 11.2 Å². The summed E-state index contributed by atoms with van der Waals surface area (Å²) in [6.45, 7) is 0. The van der Waals surface area contributed by atoms with Gasteiger partial charge in [0.25, 0.3) is 0 Å². The molecule has 0 saturated carbocycles. The highest BCUT2D eigenvalue weighted by molar-refractivity contribution is 7.10. The molecular formula is C11H10N2O2S. The lowest BCUT2D eigenvalue weighted by Crippen LogP contribution is -2.14. The Bertz CT molecular complexity index is 482. The molecule has 82 valence electrons. The number of aromatic hydroxyl groups is 1. The molecule has 0 fully saturated rings. The highest BCUT2D eigenvalue weighted by atomic mass is 32.1. The maximum atomic E-state index is 11.6. The van der Waals surface area contributed by atoms with Crippen molar-refractivity contribution in [3.8, 4) is 5.75 Å². The fourth-order valence-electron chi connectivity index (χ4n) is 1.24. The Kier molecular flexibility index (Phi) is 3.16. The van der Waals surface area contributed by atoms with Gasteiger partial charge in [0, 0.05) is 11.1 Å². The highest BCUT2D eigenvalue weighted by Crippen LogP contribution is 2.18. The summed E-state index contributed by atoms with van der Waals surface area (Å²) in [7, 11) is 0. The van der Waals surface area contributed by atoms with Crippen LogP contribution in [0.25, 0.3) is 0 Å². The Hall–Kier alpha value is -1.88. The van der Waals surface area contributed by atoms with Crippen molar-refractivity contribution >= 4 is 23.1 Å². The zero-order valence-corrected chi connectivity index (χ0v) is 9.20. The van der Waals surface area contributed by atoms with Gasteiger partial charge in [-0.3, -0.25) is 4.79 Å². The fraction of sp³-hybridized carbons (Fsp3) is 0.0909. The number of aromatic nitrogens is 1. The van der Waals surface area contributed by atoms with Crippen LogP contribution in [0.2, 0.25) is 0 Å². The Morgan fingerprint density at radius 2 is 2.31 bits per heavy atom. The van der Waals surface area contributed by atoms with Crippen LogP contribution in [0.5, 0.6) is 5.75 Å². The van der Waals surface area contributed by atoms with Gasteiger partial charge >= 0.3 is 0 Å². The number of hydrogen-bond donors (Lipinski definition) is 2. The third-order valence-electron chi connectivity index (χ3n) is 1.96. The van der Waals surface area contributed by atoms with Crippen molar-refractivity contribution in [2.24, 2.45) is 0 Å². The highest BCUT2D eigenvalue weighted by Gasteiger charge is 2.08. The number of rotatable bonds is 3. The van der Waals surface area contributed by atoms with Gasteiger partial charge in [-0.15, -0.1) is 11.3 Å². The van der Waals surface area contributed by atoms with Gasteiger partial charge in [-0.25, -0.2) is 4.98 Å². The molecule has 4 nitrogen and oxygen atoms in total. The van der Waals surface area contributed by atoms with E-state index in [1.807, 2.05) is 17.5 Å². The van der Waals surface area contributed by atoms with Crippen molar-refractivity contribution < 1.29 is 9.90 Å². The molecule has 16 heavy (non-hydrogen) atoms. The molecule has 0 saturated heterocycles. The monoisotopic (exact) mass is 234 g/mol. The standard InChI is InChI=1S/C11H10N2O2S/c14-9-4-1-5-12-11(9)13-10(15)7-8-3-2-6-16-8/h1-6,14H,7H2,(H,12,13,15). The zero-order chi connectivity index (χ0) is 11.4. The number of anilines is 1. The smallest absolute Gasteiger partial charge is 0.230 e. The van der Waals surface area contributed by atoms with E-state index in [0.717, 1.165) is 4.88 Å². The van der Waals surface area contributed by atoms with E-state index in [-0.39, 0.29) is 17.5 Å². The SMILES string of the molecule is O=C(Cc1cccs1)Nc1ncccc1O. The van der Waals surface area contributed by atoms with Crippen molar-refractivity contribution in [1.82, 2.24) is 4.98 Å². The normalized spacial score (nSPS) is 10.0. The van der Waals surface area contributed by atoms with Crippen LogP contribution < -0.4 is 5.32 Å². The average Bonchev–Trinajstić information content (AvgIpc) is 2.74. The van der Waals surface area contributed by atoms with Gasteiger partial charge < -0.3 is 10.4 Å². The molecule has 0 bridgehead atoms. The Labute approximate surface area is 96.6 Å². The topological polar surface area (TPSA) is 62.2 Å². The number of pyridine rings is 1. The molecular weight excluding hydrogens is 224 g/mol. The first-order valence-corrected chi connectivity index (χ1v) is 5.60. The van der Waals surface area contributed by atoms with Crippen molar-refractivity contribution in [2.75, 3.05) is 5.32 Å². The molecule has 2 N–H and O–H groups in total. The van der Waals surface area contributed by atoms with Crippen LogP contribution in [0, 0.1) is 0 Å². The molecule has 0 atom stereocenters. The van der Waals surface area contributed by atoms with E-state index in [4.69, 9.17) is 0 Å². The largest absolute Gasteiger partial charge is 0.504 e. The summed E-state index contributed by atoms with van der Waals surface area (Å²) in [5.41, 5.74) is 0. The molecule has 0 aliphatic carbocycles. The summed E-state index contributed by atoms with van der Waals surface area (Å²) in [6.07, 6.45) is 1.81. The average molecular weight is 234 g/mol. The lowest BCUT2D eigenvalue weighted by Gasteiger charge is -2.04. The lowest BCUT2D eigenvalue weighted by atomic mass is 10.3. The third kappa shape index (κ3) is 2.58. The summed E-state index contributed by atoms with van der Waals surface area (Å²) in [6, 6.07) is 6.87. The fourth-order valence-corrected chi connectivity index (χ4v) is 1.94.